The van der Waals surface area contributed by atoms with Crippen LogP contribution in [0.3, 0.4) is 0 Å². The number of nitrogens with two attached hydrogens (primary N) is 2. The highest BCUT2D eigenvalue weighted by atomic mass is 32.1. The normalized spacial score (nSPS) is 14.6. The second-order valence-corrected chi connectivity index (χ2v) is 15.7. The second kappa shape index (κ2) is 24.6. The summed E-state index contributed by atoms with van der Waals surface area (Å²) in [7, 11) is 0. The molecule has 2 atom stereocenters. The number of aliphatic hydroxyl groups is 1. The summed E-state index contributed by atoms with van der Waals surface area (Å²) < 4.78 is 23.0. The molecule has 0 bridgehead atoms. The fourth-order valence-electron chi connectivity index (χ4n) is 5.69. The average Bonchev–Trinajstić information content (AvgIpc) is 3.79. The Labute approximate surface area is 330 Å². The molecule has 1 aliphatic rings. The predicted molar refractivity (Wildman–Crippen MR) is 214 cm³/mol. The molecular weight excluding hydrogens is 723 g/mol. The minimum atomic E-state index is -0.345. The van der Waals surface area contributed by atoms with Crippen molar-refractivity contribution in [3.63, 3.8) is 0 Å². The first-order valence-electron chi connectivity index (χ1n) is 19.0. The summed E-state index contributed by atoms with van der Waals surface area (Å²) in [5.74, 6) is 0.545. The van der Waals surface area contributed by atoms with Gasteiger partial charge in [0.15, 0.2) is 0 Å². The van der Waals surface area contributed by atoms with E-state index in [2.05, 4.69) is 55.3 Å². The van der Waals surface area contributed by atoms with Crippen LogP contribution in [0.25, 0.3) is 10.4 Å². The maximum absolute atomic E-state index is 11.6. The molecule has 2 heterocycles. The molecule has 6 N–H and O–H groups in total. The quantitative estimate of drug-likeness (QED) is 0.0786. The van der Waals surface area contributed by atoms with E-state index < -0.39 is 0 Å². The van der Waals surface area contributed by atoms with Gasteiger partial charge in [-0.3, -0.25) is 14.4 Å². The number of hydrogen-bond acceptors (Lipinski definition) is 11. The summed E-state index contributed by atoms with van der Waals surface area (Å²) in [6, 6.07) is 14.1. The van der Waals surface area contributed by atoms with Crippen molar-refractivity contribution in [1.82, 2.24) is 15.2 Å². The molecule has 0 aliphatic carbocycles. The van der Waals surface area contributed by atoms with Gasteiger partial charge in [-0.2, -0.15) is 0 Å². The Morgan fingerprint density at radius 2 is 1.76 bits per heavy atom. The SMILES string of the molecule is CC(C)(C)CC(=O)N1CCC(O)C1.Cc1ncsc1-c1ccc(CNC=O)c(OCCOCCOCCCc2ccc(COCC(N)CCC(N)=O)cc2)c1. The lowest BCUT2D eigenvalue weighted by molar-refractivity contribution is -0.132. The Balaban J connectivity index is 0.000000526. The van der Waals surface area contributed by atoms with Crippen LogP contribution in [-0.2, 0) is 48.2 Å². The average molecular weight is 784 g/mol. The van der Waals surface area contributed by atoms with Crippen molar-refractivity contribution in [2.45, 2.75) is 91.5 Å². The highest BCUT2D eigenvalue weighted by Gasteiger charge is 2.27. The number of likely N-dealkylation sites (tertiary alicyclic amines) is 1. The number of primary amides is 1. The van der Waals surface area contributed by atoms with E-state index in [1.165, 1.54) is 5.56 Å². The molecule has 2 unspecified atom stereocenters. The van der Waals surface area contributed by atoms with Gasteiger partial charge in [-0.05, 0) is 60.8 Å². The summed E-state index contributed by atoms with van der Waals surface area (Å²) in [5, 5.41) is 12.0. The Morgan fingerprint density at radius 3 is 2.40 bits per heavy atom. The maximum Gasteiger partial charge on any atom is 0.223 e. The van der Waals surface area contributed by atoms with E-state index >= 15 is 0 Å². The number of hydrogen-bond donors (Lipinski definition) is 4. The molecule has 0 radical (unpaired) electrons. The Hall–Kier alpha value is -3.92. The lowest BCUT2D eigenvalue weighted by Gasteiger charge is -2.22. The fourth-order valence-corrected chi connectivity index (χ4v) is 6.50. The second-order valence-electron chi connectivity index (χ2n) is 14.9. The number of aromatic nitrogens is 1. The molecule has 304 valence electrons. The van der Waals surface area contributed by atoms with E-state index in [9.17, 15) is 19.5 Å². The summed E-state index contributed by atoms with van der Waals surface area (Å²) in [6.07, 6.45) is 4.33. The maximum atomic E-state index is 11.6. The number of thiazole rings is 1. The Morgan fingerprint density at radius 1 is 1.05 bits per heavy atom. The molecule has 3 amide bonds. The smallest absolute Gasteiger partial charge is 0.223 e. The van der Waals surface area contributed by atoms with Crippen LogP contribution in [0.1, 0.15) is 75.3 Å². The first-order valence-corrected chi connectivity index (χ1v) is 19.9. The van der Waals surface area contributed by atoms with E-state index in [4.69, 9.17) is 30.4 Å². The molecule has 13 nitrogen and oxygen atoms in total. The number of nitrogens with one attached hydrogen (secondary N) is 1. The van der Waals surface area contributed by atoms with Gasteiger partial charge < -0.3 is 45.7 Å². The molecule has 1 aromatic heterocycles. The molecular formula is C41H61N5O8S. The van der Waals surface area contributed by atoms with Crippen LogP contribution in [0.4, 0.5) is 0 Å². The van der Waals surface area contributed by atoms with Gasteiger partial charge in [0.1, 0.15) is 12.4 Å². The van der Waals surface area contributed by atoms with Crippen molar-refractivity contribution in [3.05, 3.63) is 70.4 Å². The van der Waals surface area contributed by atoms with Crippen molar-refractivity contribution in [1.29, 1.82) is 0 Å². The van der Waals surface area contributed by atoms with Gasteiger partial charge in [0, 0.05) is 50.7 Å². The minimum Gasteiger partial charge on any atom is -0.491 e. The van der Waals surface area contributed by atoms with Crippen LogP contribution in [0.2, 0.25) is 0 Å². The van der Waals surface area contributed by atoms with Crippen LogP contribution in [0.15, 0.2) is 48.0 Å². The van der Waals surface area contributed by atoms with Crippen molar-refractivity contribution in [2.75, 3.05) is 52.7 Å². The zero-order valence-corrected chi connectivity index (χ0v) is 33.7. The van der Waals surface area contributed by atoms with Crippen molar-refractivity contribution in [3.8, 4) is 16.2 Å². The minimum absolute atomic E-state index is 0.0463. The predicted octanol–water partition coefficient (Wildman–Crippen LogP) is 4.53. The molecule has 1 fully saturated rings. The van der Waals surface area contributed by atoms with Gasteiger partial charge in [-0.15, -0.1) is 11.3 Å². The molecule has 55 heavy (non-hydrogen) atoms. The van der Waals surface area contributed by atoms with E-state index in [0.29, 0.717) is 78.6 Å². The number of β-amino-alcohol motifs (C(OH)–C–C–N with tert-alkyl or cyclic N) is 1. The van der Waals surface area contributed by atoms with Crippen molar-refractivity contribution >= 4 is 29.6 Å². The number of amides is 3. The van der Waals surface area contributed by atoms with Gasteiger partial charge >= 0.3 is 0 Å². The Bertz CT molecular complexity index is 1580. The van der Waals surface area contributed by atoms with Gasteiger partial charge in [-0.25, -0.2) is 4.98 Å². The summed E-state index contributed by atoms with van der Waals surface area (Å²) in [6.45, 7) is 13.1. The van der Waals surface area contributed by atoms with Crippen LogP contribution in [0.5, 0.6) is 5.75 Å². The largest absolute Gasteiger partial charge is 0.491 e. The lowest BCUT2D eigenvalue weighted by atomic mass is 9.92. The van der Waals surface area contributed by atoms with E-state index in [1.807, 2.05) is 30.6 Å². The number of benzene rings is 2. The van der Waals surface area contributed by atoms with E-state index in [0.717, 1.165) is 58.8 Å². The number of carbonyl (C=O) groups excluding carboxylic acids is 3. The summed E-state index contributed by atoms with van der Waals surface area (Å²) in [4.78, 5) is 40.4. The molecule has 4 rings (SSSR count). The third-order valence-electron chi connectivity index (χ3n) is 8.64. The van der Waals surface area contributed by atoms with Crippen LogP contribution in [-0.4, -0.2) is 98.1 Å². The van der Waals surface area contributed by atoms with Gasteiger partial charge in [0.25, 0.3) is 0 Å². The third-order valence-corrected chi connectivity index (χ3v) is 9.62. The van der Waals surface area contributed by atoms with Crippen LogP contribution >= 0.6 is 11.3 Å². The fraction of sp³-hybridized carbons (Fsp3) is 0.561. The summed E-state index contributed by atoms with van der Waals surface area (Å²) >= 11 is 1.59. The molecule has 14 heteroatoms. The Kier molecular flexibility index (Phi) is 20.3. The highest BCUT2D eigenvalue weighted by molar-refractivity contribution is 7.13. The standard InChI is InChI=1S/C31H42N4O6S.C10H19NO2/c1-23-31(42-22-35-23)26-8-9-27(18-34-21-36)29(17-26)41-16-15-39-14-13-38-12-2-3-24-4-6-25(7-5-24)19-40-20-28(32)10-11-30(33)37;1-10(2,3)6-9(13)11-5-4-8(12)7-11/h4-9,17,21-22,28H,2-3,10-16,18-20,32H2,1H3,(H2,33,37)(H,34,36);8,12H,4-7H2,1-3H3. The number of ether oxygens (including phenoxy) is 4. The molecule has 2 aromatic carbocycles. The van der Waals surface area contributed by atoms with Gasteiger partial charge in [0.05, 0.1) is 55.2 Å². The topological polar surface area (TPSA) is 189 Å². The van der Waals surface area contributed by atoms with Crippen LogP contribution in [0, 0.1) is 12.3 Å². The molecule has 1 saturated heterocycles. The molecule has 0 saturated carbocycles. The zero-order valence-electron chi connectivity index (χ0n) is 32.9. The third kappa shape index (κ3) is 18.5. The molecule has 1 aliphatic heterocycles. The lowest BCUT2D eigenvalue weighted by Crippen LogP contribution is -2.32. The first-order chi connectivity index (χ1) is 26.3. The monoisotopic (exact) mass is 783 g/mol. The first kappa shape index (κ1) is 45.5. The highest BCUT2D eigenvalue weighted by Crippen LogP contribution is 2.32. The summed E-state index contributed by atoms with van der Waals surface area (Å²) in [5.41, 5.74) is 18.2. The van der Waals surface area contributed by atoms with Crippen molar-refractivity contribution < 1.29 is 38.4 Å². The number of rotatable bonds is 23. The number of aryl methyl sites for hydroxylation is 2. The zero-order chi connectivity index (χ0) is 40.1. The van der Waals surface area contributed by atoms with Gasteiger partial charge in [-0.1, -0.05) is 57.2 Å². The molecule has 3 aromatic rings. The molecule has 0 spiro atoms. The van der Waals surface area contributed by atoms with Gasteiger partial charge in [0.2, 0.25) is 18.2 Å². The van der Waals surface area contributed by atoms with E-state index in [1.54, 1.807) is 16.2 Å². The van der Waals surface area contributed by atoms with Crippen molar-refractivity contribution in [2.24, 2.45) is 16.9 Å². The number of aliphatic hydroxyl groups excluding tert-OH is 1. The number of nitrogens with zero attached hydrogens (tertiary/aromatic N) is 2. The number of carbonyl (C=O) groups is 3. The van der Waals surface area contributed by atoms with E-state index in [-0.39, 0.29) is 35.8 Å². The van der Waals surface area contributed by atoms with Crippen LogP contribution < -0.4 is 21.5 Å².